The van der Waals surface area contributed by atoms with Crippen molar-refractivity contribution >= 4 is 5.91 Å². The first-order chi connectivity index (χ1) is 13.5. The lowest BCUT2D eigenvalue weighted by Gasteiger charge is -2.17. The second kappa shape index (κ2) is 9.36. The van der Waals surface area contributed by atoms with Gasteiger partial charge in [0.25, 0.3) is 5.91 Å². The van der Waals surface area contributed by atoms with E-state index in [0.717, 1.165) is 36.1 Å². The number of carbonyl (C=O) groups excluding carboxylic acids is 1. The standard InChI is InChI=1S/C24H29N3O/c1-18(2)9-10-19(3)26-24(28)23-8-5-4-7-22(23)21-13-11-20(12-14-21)17-27-16-6-15-25-27/h4-8,11-16,18-19H,9-10,17H2,1-3H3,(H,26,28)/t19-/m1/s1. The molecule has 0 fully saturated rings. The molecule has 1 amide bonds. The van der Waals surface area contributed by atoms with Gasteiger partial charge in [0.15, 0.2) is 0 Å². The molecule has 0 bridgehead atoms. The molecule has 1 atom stereocenters. The summed E-state index contributed by atoms with van der Waals surface area (Å²) in [6.45, 7) is 7.23. The molecule has 4 nitrogen and oxygen atoms in total. The molecule has 0 radical (unpaired) electrons. The first-order valence-corrected chi connectivity index (χ1v) is 9.99. The van der Waals surface area contributed by atoms with Gasteiger partial charge in [-0.1, -0.05) is 56.3 Å². The van der Waals surface area contributed by atoms with E-state index < -0.39 is 0 Å². The topological polar surface area (TPSA) is 46.9 Å². The van der Waals surface area contributed by atoms with Crippen molar-refractivity contribution in [1.29, 1.82) is 0 Å². The Morgan fingerprint density at radius 1 is 1.00 bits per heavy atom. The van der Waals surface area contributed by atoms with Crippen molar-refractivity contribution in [2.75, 3.05) is 0 Å². The molecule has 1 N–H and O–H groups in total. The summed E-state index contributed by atoms with van der Waals surface area (Å²) >= 11 is 0. The minimum Gasteiger partial charge on any atom is -0.350 e. The van der Waals surface area contributed by atoms with Crippen molar-refractivity contribution in [3.8, 4) is 11.1 Å². The van der Waals surface area contributed by atoms with Gasteiger partial charge in [0.05, 0.1) is 6.54 Å². The number of nitrogens with one attached hydrogen (secondary N) is 1. The van der Waals surface area contributed by atoms with Crippen LogP contribution in [0.4, 0.5) is 0 Å². The lowest BCUT2D eigenvalue weighted by Crippen LogP contribution is -2.33. The van der Waals surface area contributed by atoms with Gasteiger partial charge < -0.3 is 5.32 Å². The van der Waals surface area contributed by atoms with Crippen LogP contribution < -0.4 is 5.32 Å². The fraction of sp³-hybridized carbons (Fsp3) is 0.333. The number of benzene rings is 2. The van der Waals surface area contributed by atoms with Crippen LogP contribution in [0.1, 0.15) is 49.5 Å². The van der Waals surface area contributed by atoms with Crippen LogP contribution >= 0.6 is 0 Å². The normalized spacial score (nSPS) is 12.1. The molecule has 146 valence electrons. The third-order valence-corrected chi connectivity index (χ3v) is 4.89. The van der Waals surface area contributed by atoms with Crippen molar-refractivity contribution in [2.45, 2.75) is 46.2 Å². The van der Waals surface area contributed by atoms with Crippen LogP contribution in [-0.4, -0.2) is 21.7 Å². The molecule has 28 heavy (non-hydrogen) atoms. The van der Waals surface area contributed by atoms with Crippen molar-refractivity contribution in [3.63, 3.8) is 0 Å². The largest absolute Gasteiger partial charge is 0.350 e. The molecule has 0 saturated carbocycles. The van der Waals surface area contributed by atoms with Gasteiger partial charge in [0, 0.05) is 24.0 Å². The monoisotopic (exact) mass is 375 g/mol. The molecule has 0 aliphatic rings. The summed E-state index contributed by atoms with van der Waals surface area (Å²) < 4.78 is 1.90. The van der Waals surface area contributed by atoms with Crippen molar-refractivity contribution in [3.05, 3.63) is 78.1 Å². The molecule has 2 aromatic carbocycles. The van der Waals surface area contributed by atoms with Crippen LogP contribution in [0.5, 0.6) is 0 Å². The minimum atomic E-state index is -0.00697. The maximum absolute atomic E-state index is 12.8. The van der Waals surface area contributed by atoms with E-state index in [2.05, 4.69) is 55.5 Å². The van der Waals surface area contributed by atoms with Gasteiger partial charge in [-0.2, -0.15) is 5.10 Å². The summed E-state index contributed by atoms with van der Waals surface area (Å²) in [5.74, 6) is 0.638. The molecule has 0 spiro atoms. The Morgan fingerprint density at radius 2 is 1.75 bits per heavy atom. The van der Waals surface area contributed by atoms with Gasteiger partial charge in [0.1, 0.15) is 0 Å². The molecule has 3 aromatic rings. The molecule has 0 aliphatic heterocycles. The molecule has 3 rings (SSSR count). The third-order valence-electron chi connectivity index (χ3n) is 4.89. The van der Waals surface area contributed by atoms with Gasteiger partial charge in [-0.25, -0.2) is 0 Å². The molecular formula is C24H29N3O. The van der Waals surface area contributed by atoms with Gasteiger partial charge in [0.2, 0.25) is 0 Å². The molecule has 0 unspecified atom stereocenters. The lowest BCUT2D eigenvalue weighted by atomic mass is 9.97. The average Bonchev–Trinajstić information content (AvgIpc) is 3.20. The van der Waals surface area contributed by atoms with Crippen LogP contribution in [0.3, 0.4) is 0 Å². The highest BCUT2D eigenvalue weighted by Crippen LogP contribution is 2.24. The SMILES string of the molecule is CC(C)CC[C@@H](C)NC(=O)c1ccccc1-c1ccc(Cn2cccn2)cc1. The maximum atomic E-state index is 12.8. The quantitative estimate of drug-likeness (QED) is 0.592. The summed E-state index contributed by atoms with van der Waals surface area (Å²) in [6.07, 6.45) is 5.84. The van der Waals surface area contributed by atoms with Crippen LogP contribution in [0.15, 0.2) is 67.0 Å². The fourth-order valence-corrected chi connectivity index (χ4v) is 3.26. The number of hydrogen-bond acceptors (Lipinski definition) is 2. The first-order valence-electron chi connectivity index (χ1n) is 9.99. The summed E-state index contributed by atoms with van der Waals surface area (Å²) in [5.41, 5.74) is 3.90. The van der Waals surface area contributed by atoms with Gasteiger partial charge in [-0.3, -0.25) is 9.48 Å². The molecule has 1 aromatic heterocycles. The van der Waals surface area contributed by atoms with Gasteiger partial charge >= 0.3 is 0 Å². The Kier molecular flexibility index (Phi) is 6.64. The zero-order valence-electron chi connectivity index (χ0n) is 16.9. The Hall–Kier alpha value is -2.88. The van der Waals surface area contributed by atoms with Gasteiger partial charge in [-0.05, 0) is 54.5 Å². The van der Waals surface area contributed by atoms with Crippen molar-refractivity contribution in [1.82, 2.24) is 15.1 Å². The van der Waals surface area contributed by atoms with Crippen LogP contribution in [0.25, 0.3) is 11.1 Å². The highest BCUT2D eigenvalue weighted by molar-refractivity contribution is 6.01. The number of hydrogen-bond donors (Lipinski definition) is 1. The molecular weight excluding hydrogens is 346 g/mol. The highest BCUT2D eigenvalue weighted by atomic mass is 16.1. The van der Waals surface area contributed by atoms with E-state index in [4.69, 9.17) is 0 Å². The zero-order valence-corrected chi connectivity index (χ0v) is 16.9. The van der Waals surface area contributed by atoms with Crippen molar-refractivity contribution in [2.24, 2.45) is 5.92 Å². The Labute approximate surface area is 167 Å². The number of aromatic nitrogens is 2. The smallest absolute Gasteiger partial charge is 0.252 e. The second-order valence-corrected chi connectivity index (χ2v) is 7.79. The van der Waals surface area contributed by atoms with Crippen molar-refractivity contribution < 1.29 is 4.79 Å². The summed E-state index contributed by atoms with van der Waals surface area (Å²) in [4.78, 5) is 12.8. The Balaban J connectivity index is 1.73. The number of nitrogens with zero attached hydrogens (tertiary/aromatic N) is 2. The zero-order chi connectivity index (χ0) is 19.9. The summed E-state index contributed by atoms with van der Waals surface area (Å²) in [5, 5.41) is 7.40. The van der Waals surface area contributed by atoms with Gasteiger partial charge in [-0.15, -0.1) is 0 Å². The minimum absolute atomic E-state index is 0.00697. The van der Waals surface area contributed by atoms with E-state index in [1.165, 1.54) is 5.56 Å². The van der Waals surface area contributed by atoms with Crippen LogP contribution in [0.2, 0.25) is 0 Å². The number of rotatable bonds is 8. The number of carbonyl (C=O) groups is 1. The van der Waals surface area contributed by atoms with E-state index in [1.807, 2.05) is 41.2 Å². The molecule has 1 heterocycles. The molecule has 4 heteroatoms. The van der Waals surface area contributed by atoms with Crippen LogP contribution in [0, 0.1) is 5.92 Å². The predicted octanol–water partition coefficient (Wildman–Crippen LogP) is 5.15. The second-order valence-electron chi connectivity index (χ2n) is 7.79. The summed E-state index contributed by atoms with van der Waals surface area (Å²) in [6, 6.07) is 18.2. The third kappa shape index (κ3) is 5.32. The highest BCUT2D eigenvalue weighted by Gasteiger charge is 2.15. The van der Waals surface area contributed by atoms with E-state index in [-0.39, 0.29) is 11.9 Å². The van der Waals surface area contributed by atoms with E-state index in [9.17, 15) is 4.79 Å². The lowest BCUT2D eigenvalue weighted by molar-refractivity contribution is 0.0938. The van der Waals surface area contributed by atoms with E-state index in [1.54, 1.807) is 6.20 Å². The van der Waals surface area contributed by atoms with E-state index in [0.29, 0.717) is 5.92 Å². The Morgan fingerprint density at radius 3 is 2.43 bits per heavy atom. The molecule has 0 aliphatic carbocycles. The summed E-state index contributed by atoms with van der Waals surface area (Å²) in [7, 11) is 0. The Bertz CT molecular complexity index is 882. The fourth-order valence-electron chi connectivity index (χ4n) is 3.26. The maximum Gasteiger partial charge on any atom is 0.252 e. The van der Waals surface area contributed by atoms with Crippen LogP contribution in [-0.2, 0) is 6.54 Å². The average molecular weight is 376 g/mol. The first kappa shape index (κ1) is 19.9. The molecule has 0 saturated heterocycles. The number of amides is 1. The van der Waals surface area contributed by atoms with E-state index >= 15 is 0 Å². The predicted molar refractivity (Wildman–Crippen MR) is 114 cm³/mol.